The van der Waals surface area contributed by atoms with Gasteiger partial charge in [-0.05, 0) is 28.6 Å². The topological polar surface area (TPSA) is 64.7 Å². The number of nitrogens with zero attached hydrogens (tertiary/aromatic N) is 4. The number of amides is 1. The van der Waals surface area contributed by atoms with Gasteiger partial charge >= 0.3 is 0 Å². The summed E-state index contributed by atoms with van der Waals surface area (Å²) in [6.45, 7) is 1.87. The van der Waals surface area contributed by atoms with Crippen molar-refractivity contribution in [2.45, 2.75) is 26.1 Å². The highest BCUT2D eigenvalue weighted by atomic mass is 16.1. The largest absolute Gasteiger partial charge is 0.352 e. The molecule has 0 unspecified atom stereocenters. The Balaban J connectivity index is 1.30. The zero-order valence-electron chi connectivity index (χ0n) is 15.0. The molecule has 4 aromatic rings. The van der Waals surface area contributed by atoms with Crippen molar-refractivity contribution in [2.75, 3.05) is 0 Å². The van der Waals surface area contributed by atoms with E-state index in [4.69, 9.17) is 0 Å². The molecule has 0 atom stereocenters. The summed E-state index contributed by atoms with van der Waals surface area (Å²) in [6, 6.07) is 18.4. The molecule has 0 aliphatic carbocycles. The lowest BCUT2D eigenvalue weighted by molar-refractivity contribution is -0.121. The molecule has 0 saturated carbocycles. The third kappa shape index (κ3) is 4.23. The Kier molecular flexibility index (Phi) is 4.96. The number of fused-ring (bicyclic) bond motifs is 1. The van der Waals surface area contributed by atoms with Gasteiger partial charge in [0, 0.05) is 31.2 Å². The van der Waals surface area contributed by atoms with Gasteiger partial charge in [0.25, 0.3) is 0 Å². The molecule has 4 rings (SSSR count). The normalized spacial score (nSPS) is 11.0. The Labute approximate surface area is 157 Å². The van der Waals surface area contributed by atoms with Crippen molar-refractivity contribution in [1.29, 1.82) is 0 Å². The van der Waals surface area contributed by atoms with E-state index in [0.29, 0.717) is 26.1 Å². The maximum Gasteiger partial charge on any atom is 0.222 e. The maximum absolute atomic E-state index is 12.2. The van der Waals surface area contributed by atoms with E-state index in [9.17, 15) is 4.79 Å². The highest BCUT2D eigenvalue weighted by Crippen LogP contribution is 2.15. The van der Waals surface area contributed by atoms with Crippen molar-refractivity contribution in [3.63, 3.8) is 0 Å². The Morgan fingerprint density at radius 2 is 1.93 bits per heavy atom. The first-order valence-corrected chi connectivity index (χ1v) is 8.99. The van der Waals surface area contributed by atoms with Crippen LogP contribution in [0.25, 0.3) is 10.9 Å². The van der Waals surface area contributed by atoms with Gasteiger partial charge < -0.3 is 9.88 Å². The van der Waals surface area contributed by atoms with Crippen LogP contribution in [-0.4, -0.2) is 25.2 Å². The molecule has 2 heterocycles. The molecule has 1 N–H and O–H groups in total. The van der Waals surface area contributed by atoms with Gasteiger partial charge in [0.1, 0.15) is 12.7 Å². The molecule has 0 aliphatic heterocycles. The van der Waals surface area contributed by atoms with Crippen LogP contribution in [0.4, 0.5) is 0 Å². The Morgan fingerprint density at radius 3 is 2.81 bits per heavy atom. The van der Waals surface area contributed by atoms with Crippen LogP contribution in [0, 0.1) is 0 Å². The fourth-order valence-electron chi connectivity index (χ4n) is 3.19. The monoisotopic (exact) mass is 359 g/mol. The Morgan fingerprint density at radius 1 is 1.04 bits per heavy atom. The number of carbonyl (C=O) groups excluding carboxylic acids is 1. The summed E-state index contributed by atoms with van der Waals surface area (Å²) in [4.78, 5) is 16.2. The first-order chi connectivity index (χ1) is 13.3. The predicted octanol–water partition coefficient (Wildman–Crippen LogP) is 2.99. The fraction of sp³-hybridized carbons (Fsp3) is 0.190. The molecule has 0 spiro atoms. The second-order valence-corrected chi connectivity index (χ2v) is 6.51. The van der Waals surface area contributed by atoms with E-state index in [-0.39, 0.29) is 5.91 Å². The molecule has 0 saturated heterocycles. The van der Waals surface area contributed by atoms with Crippen LogP contribution in [0.15, 0.2) is 73.4 Å². The summed E-state index contributed by atoms with van der Waals surface area (Å²) >= 11 is 0. The summed E-state index contributed by atoms with van der Waals surface area (Å²) in [5.41, 5.74) is 3.37. The molecular formula is C21H21N5O. The first kappa shape index (κ1) is 17.0. The van der Waals surface area contributed by atoms with E-state index in [1.165, 1.54) is 11.7 Å². The van der Waals surface area contributed by atoms with Crippen LogP contribution >= 0.6 is 0 Å². The van der Waals surface area contributed by atoms with Crippen molar-refractivity contribution >= 4 is 16.8 Å². The summed E-state index contributed by atoms with van der Waals surface area (Å²) in [5.74, 6) is 0.0504. The molecule has 0 fully saturated rings. The lowest BCUT2D eigenvalue weighted by Crippen LogP contribution is -2.23. The van der Waals surface area contributed by atoms with Crippen LogP contribution in [0.3, 0.4) is 0 Å². The van der Waals surface area contributed by atoms with Gasteiger partial charge in [0.2, 0.25) is 5.91 Å². The summed E-state index contributed by atoms with van der Waals surface area (Å²) in [6.07, 6.45) is 5.71. The molecule has 2 aromatic carbocycles. The molecule has 0 aliphatic rings. The molecule has 6 heteroatoms. The smallest absolute Gasteiger partial charge is 0.222 e. The fourth-order valence-corrected chi connectivity index (χ4v) is 3.19. The maximum atomic E-state index is 12.2. The average molecular weight is 359 g/mol. The van der Waals surface area contributed by atoms with E-state index in [0.717, 1.165) is 16.6 Å². The quantitative estimate of drug-likeness (QED) is 0.552. The number of carbonyl (C=O) groups is 1. The lowest BCUT2D eigenvalue weighted by atomic mass is 10.1. The van der Waals surface area contributed by atoms with Gasteiger partial charge in [0.05, 0.1) is 6.54 Å². The van der Waals surface area contributed by atoms with E-state index >= 15 is 0 Å². The molecule has 27 heavy (non-hydrogen) atoms. The minimum absolute atomic E-state index is 0.0504. The SMILES string of the molecule is O=C(CCn1ccc2ccccc21)NCc1cccc(Cn2cncn2)c1. The second kappa shape index (κ2) is 7.86. The van der Waals surface area contributed by atoms with Crippen LogP contribution in [0.5, 0.6) is 0 Å². The molecule has 136 valence electrons. The minimum atomic E-state index is 0.0504. The number of aromatic nitrogens is 4. The minimum Gasteiger partial charge on any atom is -0.352 e. The first-order valence-electron chi connectivity index (χ1n) is 8.99. The number of rotatable bonds is 7. The van der Waals surface area contributed by atoms with E-state index in [2.05, 4.69) is 44.2 Å². The molecular weight excluding hydrogens is 338 g/mol. The van der Waals surface area contributed by atoms with Gasteiger partial charge in [0.15, 0.2) is 0 Å². The Hall–Kier alpha value is -3.41. The van der Waals surface area contributed by atoms with Gasteiger partial charge in [-0.1, -0.05) is 42.5 Å². The van der Waals surface area contributed by atoms with Crippen LogP contribution in [0.2, 0.25) is 0 Å². The molecule has 0 radical (unpaired) electrons. The number of aryl methyl sites for hydroxylation is 1. The van der Waals surface area contributed by atoms with Crippen LogP contribution in [0.1, 0.15) is 17.5 Å². The zero-order valence-corrected chi connectivity index (χ0v) is 15.0. The molecule has 6 nitrogen and oxygen atoms in total. The van der Waals surface area contributed by atoms with Crippen LogP contribution in [-0.2, 0) is 24.4 Å². The number of benzene rings is 2. The van der Waals surface area contributed by atoms with E-state index in [1.807, 2.05) is 36.5 Å². The standard InChI is InChI=1S/C21H21N5O/c27-21(9-11-25-10-8-19-6-1-2-7-20(19)25)23-13-17-4-3-5-18(12-17)14-26-16-22-15-24-26/h1-8,10,12,15-16H,9,11,13-14H2,(H,23,27). The highest BCUT2D eigenvalue weighted by Gasteiger charge is 2.05. The van der Waals surface area contributed by atoms with E-state index in [1.54, 1.807) is 11.0 Å². The van der Waals surface area contributed by atoms with Crippen molar-refractivity contribution in [3.8, 4) is 0 Å². The number of hydrogen-bond acceptors (Lipinski definition) is 3. The van der Waals surface area contributed by atoms with Crippen molar-refractivity contribution < 1.29 is 4.79 Å². The van der Waals surface area contributed by atoms with Gasteiger partial charge in [-0.3, -0.25) is 4.79 Å². The zero-order chi connectivity index (χ0) is 18.5. The lowest BCUT2D eigenvalue weighted by Gasteiger charge is -2.09. The van der Waals surface area contributed by atoms with Crippen LogP contribution < -0.4 is 5.32 Å². The number of nitrogens with one attached hydrogen (secondary N) is 1. The second-order valence-electron chi connectivity index (χ2n) is 6.51. The summed E-state index contributed by atoms with van der Waals surface area (Å²) < 4.78 is 3.90. The van der Waals surface area contributed by atoms with Gasteiger partial charge in [-0.15, -0.1) is 0 Å². The van der Waals surface area contributed by atoms with Crippen molar-refractivity contribution in [1.82, 2.24) is 24.6 Å². The predicted molar refractivity (Wildman–Crippen MR) is 104 cm³/mol. The highest BCUT2D eigenvalue weighted by molar-refractivity contribution is 5.80. The van der Waals surface area contributed by atoms with Gasteiger partial charge in [-0.2, -0.15) is 5.10 Å². The number of hydrogen-bond donors (Lipinski definition) is 1. The molecule has 0 bridgehead atoms. The molecule has 1 amide bonds. The third-order valence-corrected chi connectivity index (χ3v) is 4.55. The summed E-state index contributed by atoms with van der Waals surface area (Å²) in [7, 11) is 0. The van der Waals surface area contributed by atoms with Crippen molar-refractivity contribution in [3.05, 3.63) is 84.6 Å². The average Bonchev–Trinajstić information content (AvgIpc) is 3.35. The van der Waals surface area contributed by atoms with Crippen molar-refractivity contribution in [2.24, 2.45) is 0 Å². The van der Waals surface area contributed by atoms with E-state index < -0.39 is 0 Å². The molecule has 2 aromatic heterocycles. The third-order valence-electron chi connectivity index (χ3n) is 4.55. The Bertz CT molecular complexity index is 1040. The number of para-hydroxylation sites is 1. The summed E-state index contributed by atoms with van der Waals surface area (Å²) in [5, 5.41) is 8.32. The van der Waals surface area contributed by atoms with Gasteiger partial charge in [-0.25, -0.2) is 9.67 Å².